The number of nitrogens with zero attached hydrogens (tertiary/aromatic N) is 1. The first-order chi connectivity index (χ1) is 7.42. The molecule has 0 aliphatic carbocycles. The fourth-order valence-corrected chi connectivity index (χ4v) is 2.07. The van der Waals surface area contributed by atoms with E-state index in [-0.39, 0.29) is 0 Å². The Morgan fingerprint density at radius 2 is 2.07 bits per heavy atom. The normalized spacial score (nSPS) is 20.3. The summed E-state index contributed by atoms with van der Waals surface area (Å²) >= 11 is 0. The summed E-state index contributed by atoms with van der Waals surface area (Å²) in [7, 11) is 0. The fraction of sp³-hybridized carbons (Fsp3) is 0.286. The van der Waals surface area contributed by atoms with Crippen LogP contribution in [0.3, 0.4) is 0 Å². The van der Waals surface area contributed by atoms with Gasteiger partial charge in [-0.2, -0.15) is 0 Å². The summed E-state index contributed by atoms with van der Waals surface area (Å²) in [6.45, 7) is 4.85. The zero-order valence-electron chi connectivity index (χ0n) is 8.97. The van der Waals surface area contributed by atoms with Gasteiger partial charge in [0.25, 0.3) is 0 Å². The zero-order chi connectivity index (χ0) is 10.5. The molecule has 0 spiro atoms. The smallest absolute Gasteiger partial charge is 0.0371 e. The highest BCUT2D eigenvalue weighted by atomic mass is 15.2. The van der Waals surface area contributed by atoms with E-state index in [9.17, 15) is 0 Å². The molecule has 0 amide bonds. The van der Waals surface area contributed by atoms with Crippen LogP contribution in [0.15, 0.2) is 55.1 Å². The average Bonchev–Trinajstić information content (AvgIpc) is 2.31. The van der Waals surface area contributed by atoms with Crippen LogP contribution in [-0.4, -0.2) is 12.6 Å². The maximum absolute atomic E-state index is 3.83. The van der Waals surface area contributed by atoms with Gasteiger partial charge in [0, 0.05) is 18.3 Å². The summed E-state index contributed by atoms with van der Waals surface area (Å²) < 4.78 is 0. The Labute approximate surface area is 91.7 Å². The fourth-order valence-electron chi connectivity index (χ4n) is 2.07. The standard InChI is InChI=1S/C14H17N/c1-2-8-13-11-6-7-12-15(13)14-9-4-3-5-10-14/h2-7,9-10,13H,1,8,11-12H2/t13-/m0/s1. The van der Waals surface area contributed by atoms with E-state index in [0.29, 0.717) is 6.04 Å². The van der Waals surface area contributed by atoms with Crippen molar-refractivity contribution < 1.29 is 0 Å². The quantitative estimate of drug-likeness (QED) is 0.674. The van der Waals surface area contributed by atoms with Crippen molar-refractivity contribution in [1.29, 1.82) is 0 Å². The third-order valence-corrected chi connectivity index (χ3v) is 2.84. The molecule has 1 aliphatic rings. The molecule has 1 aromatic carbocycles. The molecular weight excluding hydrogens is 182 g/mol. The lowest BCUT2D eigenvalue weighted by Crippen LogP contribution is -2.37. The Balaban J connectivity index is 2.19. The molecule has 1 heterocycles. The Morgan fingerprint density at radius 3 is 2.80 bits per heavy atom. The summed E-state index contributed by atoms with van der Waals surface area (Å²) in [6, 6.07) is 11.2. The second-order valence-corrected chi connectivity index (χ2v) is 3.87. The van der Waals surface area contributed by atoms with Crippen LogP contribution in [0.2, 0.25) is 0 Å². The molecule has 78 valence electrons. The Kier molecular flexibility index (Phi) is 3.23. The molecule has 1 nitrogen and oxygen atoms in total. The predicted octanol–water partition coefficient (Wildman–Crippen LogP) is 3.40. The van der Waals surface area contributed by atoms with Gasteiger partial charge in [-0.15, -0.1) is 6.58 Å². The van der Waals surface area contributed by atoms with E-state index in [1.165, 1.54) is 5.69 Å². The van der Waals surface area contributed by atoms with Crippen LogP contribution >= 0.6 is 0 Å². The number of benzene rings is 1. The Morgan fingerprint density at radius 1 is 1.27 bits per heavy atom. The van der Waals surface area contributed by atoms with E-state index in [4.69, 9.17) is 0 Å². The van der Waals surface area contributed by atoms with Gasteiger partial charge < -0.3 is 4.90 Å². The highest BCUT2D eigenvalue weighted by molar-refractivity contribution is 5.48. The minimum absolute atomic E-state index is 0.579. The van der Waals surface area contributed by atoms with Gasteiger partial charge in [-0.1, -0.05) is 36.4 Å². The topological polar surface area (TPSA) is 3.24 Å². The van der Waals surface area contributed by atoms with Crippen LogP contribution in [0, 0.1) is 0 Å². The van der Waals surface area contributed by atoms with Crippen LogP contribution < -0.4 is 4.90 Å². The number of anilines is 1. The van der Waals surface area contributed by atoms with E-state index in [1.54, 1.807) is 0 Å². The molecule has 0 fully saturated rings. The van der Waals surface area contributed by atoms with Crippen molar-refractivity contribution in [2.75, 3.05) is 11.4 Å². The molecule has 0 unspecified atom stereocenters. The summed E-state index contributed by atoms with van der Waals surface area (Å²) in [5, 5.41) is 0. The van der Waals surface area contributed by atoms with Gasteiger partial charge in [-0.25, -0.2) is 0 Å². The van der Waals surface area contributed by atoms with Crippen molar-refractivity contribution in [1.82, 2.24) is 0 Å². The van der Waals surface area contributed by atoms with E-state index in [1.807, 2.05) is 6.08 Å². The lowest BCUT2D eigenvalue weighted by Gasteiger charge is -2.34. The van der Waals surface area contributed by atoms with Crippen LogP contribution in [0.4, 0.5) is 5.69 Å². The van der Waals surface area contributed by atoms with Crippen molar-refractivity contribution >= 4 is 5.69 Å². The number of hydrogen-bond acceptors (Lipinski definition) is 1. The van der Waals surface area contributed by atoms with E-state index in [0.717, 1.165) is 19.4 Å². The van der Waals surface area contributed by atoms with Crippen molar-refractivity contribution in [3.63, 3.8) is 0 Å². The van der Waals surface area contributed by atoms with Crippen molar-refractivity contribution in [3.8, 4) is 0 Å². The first-order valence-corrected chi connectivity index (χ1v) is 5.49. The highest BCUT2D eigenvalue weighted by Gasteiger charge is 2.17. The van der Waals surface area contributed by atoms with Crippen molar-refractivity contribution in [3.05, 3.63) is 55.1 Å². The van der Waals surface area contributed by atoms with E-state index < -0.39 is 0 Å². The van der Waals surface area contributed by atoms with Crippen LogP contribution in [0.5, 0.6) is 0 Å². The van der Waals surface area contributed by atoms with Gasteiger partial charge in [0.1, 0.15) is 0 Å². The van der Waals surface area contributed by atoms with Gasteiger partial charge in [0.15, 0.2) is 0 Å². The summed E-state index contributed by atoms with van der Waals surface area (Å²) in [5.41, 5.74) is 1.31. The SMILES string of the molecule is C=CC[C@H]1CC=CCN1c1ccccc1. The molecule has 1 aromatic rings. The first kappa shape index (κ1) is 10.0. The molecule has 0 bridgehead atoms. The lowest BCUT2D eigenvalue weighted by molar-refractivity contribution is 0.608. The maximum atomic E-state index is 3.83. The molecule has 0 aromatic heterocycles. The minimum atomic E-state index is 0.579. The third kappa shape index (κ3) is 2.30. The summed E-state index contributed by atoms with van der Waals surface area (Å²) in [4.78, 5) is 2.45. The zero-order valence-corrected chi connectivity index (χ0v) is 8.97. The summed E-state index contributed by atoms with van der Waals surface area (Å²) in [5.74, 6) is 0. The first-order valence-electron chi connectivity index (χ1n) is 5.49. The van der Waals surface area contributed by atoms with E-state index in [2.05, 4.69) is 54.0 Å². The molecule has 1 aliphatic heterocycles. The molecule has 1 heteroatoms. The van der Waals surface area contributed by atoms with Gasteiger partial charge >= 0.3 is 0 Å². The van der Waals surface area contributed by atoms with Crippen molar-refractivity contribution in [2.45, 2.75) is 18.9 Å². The van der Waals surface area contributed by atoms with E-state index >= 15 is 0 Å². The molecule has 0 radical (unpaired) electrons. The largest absolute Gasteiger partial charge is 0.364 e. The number of para-hydroxylation sites is 1. The Bertz CT molecular complexity index is 340. The molecule has 2 rings (SSSR count). The molecular formula is C14H17N. The molecule has 0 saturated carbocycles. The lowest BCUT2D eigenvalue weighted by atomic mass is 10.0. The number of hydrogen-bond donors (Lipinski definition) is 0. The van der Waals surface area contributed by atoms with Crippen LogP contribution in [0.25, 0.3) is 0 Å². The minimum Gasteiger partial charge on any atom is -0.364 e. The van der Waals surface area contributed by atoms with Gasteiger partial charge in [0.05, 0.1) is 0 Å². The molecule has 0 N–H and O–H groups in total. The van der Waals surface area contributed by atoms with Gasteiger partial charge in [-0.05, 0) is 25.0 Å². The monoisotopic (exact) mass is 199 g/mol. The number of rotatable bonds is 3. The van der Waals surface area contributed by atoms with Gasteiger partial charge in [0.2, 0.25) is 0 Å². The average molecular weight is 199 g/mol. The predicted molar refractivity (Wildman–Crippen MR) is 66.1 cm³/mol. The highest BCUT2D eigenvalue weighted by Crippen LogP contribution is 2.23. The third-order valence-electron chi connectivity index (χ3n) is 2.84. The maximum Gasteiger partial charge on any atom is 0.0371 e. The molecule has 0 saturated heterocycles. The molecule has 15 heavy (non-hydrogen) atoms. The Hall–Kier alpha value is -1.50. The summed E-state index contributed by atoms with van der Waals surface area (Å²) in [6.07, 6.45) is 8.71. The second-order valence-electron chi connectivity index (χ2n) is 3.87. The van der Waals surface area contributed by atoms with Crippen LogP contribution in [0.1, 0.15) is 12.8 Å². The van der Waals surface area contributed by atoms with Crippen LogP contribution in [-0.2, 0) is 0 Å². The molecule has 1 atom stereocenters. The van der Waals surface area contributed by atoms with Gasteiger partial charge in [-0.3, -0.25) is 0 Å². The van der Waals surface area contributed by atoms with Crippen molar-refractivity contribution in [2.24, 2.45) is 0 Å². The second kappa shape index (κ2) is 4.83.